The van der Waals surface area contributed by atoms with Gasteiger partial charge in [-0.05, 0) is 19.1 Å². The summed E-state index contributed by atoms with van der Waals surface area (Å²) in [6, 6.07) is 5.38. The van der Waals surface area contributed by atoms with Crippen LogP contribution in [0.25, 0.3) is 0 Å². The lowest BCUT2D eigenvalue weighted by Crippen LogP contribution is -2.01. The minimum atomic E-state index is -0.581. The van der Waals surface area contributed by atoms with Gasteiger partial charge in [-0.15, -0.1) is 11.3 Å². The molecule has 1 heterocycles. The second-order valence-corrected chi connectivity index (χ2v) is 4.77. The second kappa shape index (κ2) is 5.84. The molecule has 0 bridgehead atoms. The van der Waals surface area contributed by atoms with Crippen molar-refractivity contribution in [1.82, 2.24) is 4.98 Å². The first-order valence-corrected chi connectivity index (χ1v) is 6.46. The molecule has 0 saturated carbocycles. The van der Waals surface area contributed by atoms with Crippen molar-refractivity contribution in [3.05, 3.63) is 40.3 Å². The first-order chi connectivity index (χ1) is 8.70. The van der Waals surface area contributed by atoms with Crippen LogP contribution in [0.15, 0.2) is 29.8 Å². The summed E-state index contributed by atoms with van der Waals surface area (Å²) in [4.78, 5) is 4.15. The summed E-state index contributed by atoms with van der Waals surface area (Å²) < 4.78 is 10.8. The molecule has 5 heteroatoms. The maximum absolute atomic E-state index is 9.69. The Bertz CT molecular complexity index is 497. The van der Waals surface area contributed by atoms with Gasteiger partial charge in [-0.1, -0.05) is 0 Å². The smallest absolute Gasteiger partial charge is 0.140 e. The highest BCUT2D eigenvalue weighted by Crippen LogP contribution is 2.30. The Kier molecular flexibility index (Phi) is 4.17. The van der Waals surface area contributed by atoms with E-state index in [4.69, 9.17) is 9.47 Å². The largest absolute Gasteiger partial charge is 0.497 e. The third-order valence-electron chi connectivity index (χ3n) is 2.51. The number of benzene rings is 1. The lowest BCUT2D eigenvalue weighted by molar-refractivity contribution is 0.190. The standard InChI is InChI=1S/C13H15NO3S/c1-9(15)11-4-3-10(16-2)7-12(11)17-8-13-14-5-6-18-13/h3-7,9,15H,8H2,1-2H3/t9-/m0/s1. The van der Waals surface area contributed by atoms with Gasteiger partial charge in [0.2, 0.25) is 0 Å². The molecule has 1 N–H and O–H groups in total. The molecule has 0 aliphatic carbocycles. The molecule has 0 fully saturated rings. The SMILES string of the molecule is COc1ccc([C@H](C)O)c(OCc2nccs2)c1. The zero-order chi connectivity index (χ0) is 13.0. The number of nitrogens with zero attached hydrogens (tertiary/aromatic N) is 1. The monoisotopic (exact) mass is 265 g/mol. The fourth-order valence-corrected chi connectivity index (χ4v) is 2.10. The van der Waals surface area contributed by atoms with Crippen LogP contribution in [0.5, 0.6) is 11.5 Å². The highest BCUT2D eigenvalue weighted by atomic mass is 32.1. The van der Waals surface area contributed by atoms with Gasteiger partial charge in [-0.2, -0.15) is 0 Å². The molecule has 1 atom stereocenters. The van der Waals surface area contributed by atoms with Gasteiger partial charge < -0.3 is 14.6 Å². The number of ether oxygens (including phenoxy) is 2. The van der Waals surface area contributed by atoms with Crippen molar-refractivity contribution in [2.45, 2.75) is 19.6 Å². The van der Waals surface area contributed by atoms with Gasteiger partial charge in [0.25, 0.3) is 0 Å². The molecule has 2 rings (SSSR count). The zero-order valence-electron chi connectivity index (χ0n) is 10.3. The fourth-order valence-electron chi connectivity index (χ4n) is 1.58. The molecule has 4 nitrogen and oxygen atoms in total. The van der Waals surface area contributed by atoms with Gasteiger partial charge in [0.15, 0.2) is 0 Å². The molecule has 0 aliphatic rings. The number of rotatable bonds is 5. The lowest BCUT2D eigenvalue weighted by atomic mass is 10.1. The molecule has 0 radical (unpaired) electrons. The van der Waals surface area contributed by atoms with Crippen LogP contribution in [0, 0.1) is 0 Å². The van der Waals surface area contributed by atoms with E-state index in [1.165, 1.54) is 11.3 Å². The van der Waals surface area contributed by atoms with Crippen LogP contribution in [-0.4, -0.2) is 17.2 Å². The summed E-state index contributed by atoms with van der Waals surface area (Å²) in [7, 11) is 1.60. The molecule has 0 amide bonds. The van der Waals surface area contributed by atoms with Crippen molar-refractivity contribution in [1.29, 1.82) is 0 Å². The number of aliphatic hydroxyl groups is 1. The first kappa shape index (κ1) is 12.9. The third kappa shape index (κ3) is 3.00. The van der Waals surface area contributed by atoms with E-state index in [0.717, 1.165) is 10.6 Å². The van der Waals surface area contributed by atoms with Crippen molar-refractivity contribution in [3.8, 4) is 11.5 Å². The molecule has 2 aromatic rings. The number of hydrogen-bond acceptors (Lipinski definition) is 5. The number of methoxy groups -OCH3 is 1. The molecule has 18 heavy (non-hydrogen) atoms. The van der Waals surface area contributed by atoms with E-state index in [2.05, 4.69) is 4.98 Å². The van der Waals surface area contributed by atoms with Crippen molar-refractivity contribution in [2.24, 2.45) is 0 Å². The lowest BCUT2D eigenvalue weighted by Gasteiger charge is -2.14. The predicted molar refractivity (Wildman–Crippen MR) is 70.1 cm³/mol. The quantitative estimate of drug-likeness (QED) is 0.903. The Morgan fingerprint density at radius 2 is 2.28 bits per heavy atom. The zero-order valence-corrected chi connectivity index (χ0v) is 11.1. The van der Waals surface area contributed by atoms with Crippen molar-refractivity contribution in [2.75, 3.05) is 7.11 Å². The summed E-state index contributed by atoms with van der Waals surface area (Å²) in [6.45, 7) is 2.10. The van der Waals surface area contributed by atoms with Crippen LogP contribution < -0.4 is 9.47 Å². The van der Waals surface area contributed by atoms with Crippen LogP contribution >= 0.6 is 11.3 Å². The molecule has 0 spiro atoms. The average molecular weight is 265 g/mol. The minimum absolute atomic E-state index is 0.393. The Balaban J connectivity index is 2.18. The van der Waals surface area contributed by atoms with E-state index in [1.54, 1.807) is 38.4 Å². The van der Waals surface area contributed by atoms with Gasteiger partial charge in [0.05, 0.1) is 13.2 Å². The number of aliphatic hydroxyl groups excluding tert-OH is 1. The topological polar surface area (TPSA) is 51.6 Å². The van der Waals surface area contributed by atoms with Crippen molar-refractivity contribution < 1.29 is 14.6 Å². The van der Waals surface area contributed by atoms with E-state index in [9.17, 15) is 5.11 Å². The van der Waals surface area contributed by atoms with Gasteiger partial charge in [0.1, 0.15) is 23.1 Å². The third-order valence-corrected chi connectivity index (χ3v) is 3.26. The number of aromatic nitrogens is 1. The van der Waals surface area contributed by atoms with E-state index < -0.39 is 6.10 Å². The summed E-state index contributed by atoms with van der Waals surface area (Å²) >= 11 is 1.54. The van der Waals surface area contributed by atoms with E-state index in [-0.39, 0.29) is 0 Å². The Morgan fingerprint density at radius 1 is 1.44 bits per heavy atom. The summed E-state index contributed by atoms with van der Waals surface area (Å²) in [6.07, 6.45) is 1.16. The molecular weight excluding hydrogens is 250 g/mol. The van der Waals surface area contributed by atoms with Gasteiger partial charge in [-0.25, -0.2) is 4.98 Å². The molecular formula is C13H15NO3S. The molecule has 1 aromatic carbocycles. The number of thiazole rings is 1. The molecule has 96 valence electrons. The highest BCUT2D eigenvalue weighted by Gasteiger charge is 2.11. The Hall–Kier alpha value is -1.59. The van der Waals surface area contributed by atoms with E-state index in [1.807, 2.05) is 5.38 Å². The summed E-state index contributed by atoms with van der Waals surface area (Å²) in [5.41, 5.74) is 0.743. The van der Waals surface area contributed by atoms with E-state index >= 15 is 0 Å². The fraction of sp³-hybridized carbons (Fsp3) is 0.308. The van der Waals surface area contributed by atoms with Crippen LogP contribution in [0.2, 0.25) is 0 Å². The summed E-state index contributed by atoms with van der Waals surface area (Å²) in [5, 5.41) is 12.5. The second-order valence-electron chi connectivity index (χ2n) is 3.79. The predicted octanol–water partition coefficient (Wildman–Crippen LogP) is 2.78. The molecule has 0 aliphatic heterocycles. The van der Waals surface area contributed by atoms with Crippen LogP contribution in [0.3, 0.4) is 0 Å². The van der Waals surface area contributed by atoms with E-state index in [0.29, 0.717) is 18.1 Å². The van der Waals surface area contributed by atoms with Gasteiger partial charge >= 0.3 is 0 Å². The van der Waals surface area contributed by atoms with Gasteiger partial charge in [0, 0.05) is 23.2 Å². The van der Waals surface area contributed by atoms with Crippen LogP contribution in [0.1, 0.15) is 23.6 Å². The molecule has 0 saturated heterocycles. The maximum atomic E-state index is 9.69. The minimum Gasteiger partial charge on any atom is -0.497 e. The number of hydrogen-bond donors (Lipinski definition) is 1. The molecule has 1 aromatic heterocycles. The molecule has 0 unspecified atom stereocenters. The van der Waals surface area contributed by atoms with Gasteiger partial charge in [-0.3, -0.25) is 0 Å². The summed E-state index contributed by atoms with van der Waals surface area (Å²) in [5.74, 6) is 1.33. The maximum Gasteiger partial charge on any atom is 0.140 e. The Morgan fingerprint density at radius 3 is 2.89 bits per heavy atom. The van der Waals surface area contributed by atoms with Crippen molar-refractivity contribution >= 4 is 11.3 Å². The average Bonchev–Trinajstić information content (AvgIpc) is 2.88. The first-order valence-electron chi connectivity index (χ1n) is 5.58. The van der Waals surface area contributed by atoms with Crippen LogP contribution in [0.4, 0.5) is 0 Å². The highest BCUT2D eigenvalue weighted by molar-refractivity contribution is 7.09. The Labute approximate surface area is 110 Å². The van der Waals surface area contributed by atoms with Crippen LogP contribution in [-0.2, 0) is 6.61 Å². The normalized spacial score (nSPS) is 12.2. The van der Waals surface area contributed by atoms with Crippen molar-refractivity contribution in [3.63, 3.8) is 0 Å².